The number of aliphatic imine (C=N–C) groups is 1. The number of amidine groups is 1. The van der Waals surface area contributed by atoms with Crippen LogP contribution in [0.3, 0.4) is 0 Å². The topological polar surface area (TPSA) is 50.7 Å². The molecule has 1 amide bonds. The van der Waals surface area contributed by atoms with Crippen molar-refractivity contribution in [2.24, 2.45) is 10.4 Å². The van der Waals surface area contributed by atoms with Crippen LogP contribution in [0.5, 0.6) is 5.75 Å². The number of hydrogen-bond donors (Lipinski definition) is 1. The number of carbonyl (C=O) groups excluding carboxylic acids is 1. The minimum Gasteiger partial charge on any atom is -0.496 e. The highest BCUT2D eigenvalue weighted by Gasteiger charge is 2.28. The van der Waals surface area contributed by atoms with Crippen molar-refractivity contribution in [1.29, 1.82) is 0 Å². The van der Waals surface area contributed by atoms with Crippen LogP contribution in [0.25, 0.3) is 6.08 Å². The maximum absolute atomic E-state index is 12.1. The lowest BCUT2D eigenvalue weighted by molar-refractivity contribution is -0.115. The van der Waals surface area contributed by atoms with Gasteiger partial charge in [-0.1, -0.05) is 40.7 Å². The number of ether oxygens (including phenoxy) is 1. The van der Waals surface area contributed by atoms with Crippen LogP contribution in [0.2, 0.25) is 0 Å². The SMILES string of the molecule is COc1ccc(C(C)C)cc1/C=C1\N=C(C(C)(C)C)NC1=O. The number of methoxy groups -OCH3 is 1. The molecular weight excluding hydrogens is 276 g/mol. The summed E-state index contributed by atoms with van der Waals surface area (Å²) in [5.41, 5.74) is 2.31. The van der Waals surface area contributed by atoms with E-state index in [1.807, 2.05) is 39.0 Å². The number of rotatable bonds is 3. The first-order valence-corrected chi connectivity index (χ1v) is 7.52. The molecule has 1 aliphatic rings. The van der Waals surface area contributed by atoms with Gasteiger partial charge in [0.25, 0.3) is 5.91 Å². The summed E-state index contributed by atoms with van der Waals surface area (Å²) in [5, 5.41) is 2.84. The van der Waals surface area contributed by atoms with E-state index >= 15 is 0 Å². The van der Waals surface area contributed by atoms with E-state index in [2.05, 4.69) is 24.2 Å². The molecule has 0 saturated carbocycles. The van der Waals surface area contributed by atoms with Gasteiger partial charge in [-0.2, -0.15) is 0 Å². The normalized spacial score (nSPS) is 17.0. The van der Waals surface area contributed by atoms with Gasteiger partial charge in [-0.25, -0.2) is 4.99 Å². The van der Waals surface area contributed by atoms with Crippen LogP contribution in [0.1, 0.15) is 51.7 Å². The molecule has 0 fully saturated rings. The largest absolute Gasteiger partial charge is 0.496 e. The molecule has 4 heteroatoms. The Morgan fingerprint density at radius 3 is 2.45 bits per heavy atom. The fourth-order valence-electron chi connectivity index (χ4n) is 2.20. The maximum Gasteiger partial charge on any atom is 0.275 e. The summed E-state index contributed by atoms with van der Waals surface area (Å²) < 4.78 is 5.39. The molecule has 0 saturated heterocycles. The van der Waals surface area contributed by atoms with Crippen molar-refractivity contribution in [3.05, 3.63) is 35.0 Å². The van der Waals surface area contributed by atoms with Crippen LogP contribution in [0.15, 0.2) is 28.9 Å². The average molecular weight is 300 g/mol. The van der Waals surface area contributed by atoms with Crippen molar-refractivity contribution >= 4 is 17.8 Å². The minimum absolute atomic E-state index is 0.165. The van der Waals surface area contributed by atoms with Crippen LogP contribution >= 0.6 is 0 Å². The van der Waals surface area contributed by atoms with E-state index in [4.69, 9.17) is 4.74 Å². The third-order valence-electron chi connectivity index (χ3n) is 3.62. The Kier molecular flexibility index (Phi) is 4.40. The highest BCUT2D eigenvalue weighted by Crippen LogP contribution is 2.28. The van der Waals surface area contributed by atoms with Crippen molar-refractivity contribution in [3.8, 4) is 5.75 Å². The minimum atomic E-state index is -0.185. The number of benzene rings is 1. The molecule has 0 unspecified atom stereocenters. The monoisotopic (exact) mass is 300 g/mol. The smallest absolute Gasteiger partial charge is 0.275 e. The molecule has 1 N–H and O–H groups in total. The van der Waals surface area contributed by atoms with Crippen molar-refractivity contribution in [1.82, 2.24) is 5.32 Å². The number of nitrogens with one attached hydrogen (secondary N) is 1. The highest BCUT2D eigenvalue weighted by atomic mass is 16.5. The lowest BCUT2D eigenvalue weighted by Gasteiger charge is -2.16. The first kappa shape index (κ1) is 16.3. The van der Waals surface area contributed by atoms with E-state index in [1.54, 1.807) is 13.2 Å². The van der Waals surface area contributed by atoms with Gasteiger partial charge in [-0.15, -0.1) is 0 Å². The van der Waals surface area contributed by atoms with Gasteiger partial charge in [0.1, 0.15) is 17.3 Å². The molecular formula is C18H24N2O2. The van der Waals surface area contributed by atoms with Gasteiger partial charge in [-0.05, 0) is 29.7 Å². The zero-order valence-electron chi connectivity index (χ0n) is 14.2. The Hall–Kier alpha value is -2.10. The maximum atomic E-state index is 12.1. The summed E-state index contributed by atoms with van der Waals surface area (Å²) in [4.78, 5) is 16.6. The molecule has 118 valence electrons. The Morgan fingerprint density at radius 1 is 1.27 bits per heavy atom. The van der Waals surface area contributed by atoms with E-state index in [0.29, 0.717) is 17.5 Å². The molecule has 0 aromatic heterocycles. The fourth-order valence-corrected chi connectivity index (χ4v) is 2.20. The summed E-state index contributed by atoms with van der Waals surface area (Å²) in [6.07, 6.45) is 1.79. The molecule has 1 aromatic rings. The van der Waals surface area contributed by atoms with Crippen LogP contribution in [0, 0.1) is 5.41 Å². The Bertz CT molecular complexity index is 650. The second-order valence-electron chi connectivity index (χ2n) is 6.85. The Labute approximate surface area is 132 Å². The molecule has 0 atom stereocenters. The molecule has 0 spiro atoms. The Morgan fingerprint density at radius 2 is 1.95 bits per heavy atom. The molecule has 0 radical (unpaired) electrons. The van der Waals surface area contributed by atoms with Crippen molar-refractivity contribution in [2.75, 3.05) is 7.11 Å². The van der Waals surface area contributed by atoms with Gasteiger partial charge in [-0.3, -0.25) is 4.79 Å². The predicted octanol–water partition coefficient (Wildman–Crippen LogP) is 3.73. The molecule has 2 rings (SSSR count). The lowest BCUT2D eigenvalue weighted by Crippen LogP contribution is -2.34. The summed E-state index contributed by atoms with van der Waals surface area (Å²) in [7, 11) is 1.63. The third kappa shape index (κ3) is 3.38. The molecule has 22 heavy (non-hydrogen) atoms. The van der Waals surface area contributed by atoms with E-state index in [0.717, 1.165) is 11.3 Å². The van der Waals surface area contributed by atoms with Gasteiger partial charge in [0.05, 0.1) is 7.11 Å². The molecule has 1 aromatic carbocycles. The molecule has 1 aliphatic heterocycles. The predicted molar refractivity (Wildman–Crippen MR) is 90.1 cm³/mol. The van der Waals surface area contributed by atoms with Crippen LogP contribution < -0.4 is 10.1 Å². The van der Waals surface area contributed by atoms with Gasteiger partial charge >= 0.3 is 0 Å². The van der Waals surface area contributed by atoms with Crippen LogP contribution in [-0.4, -0.2) is 18.9 Å². The third-order valence-corrected chi connectivity index (χ3v) is 3.62. The zero-order chi connectivity index (χ0) is 16.5. The zero-order valence-corrected chi connectivity index (χ0v) is 14.2. The summed E-state index contributed by atoms with van der Waals surface area (Å²) >= 11 is 0. The van der Waals surface area contributed by atoms with Crippen LogP contribution in [0.4, 0.5) is 0 Å². The van der Waals surface area contributed by atoms with Gasteiger partial charge in [0.2, 0.25) is 0 Å². The Balaban J connectivity index is 2.46. The summed E-state index contributed by atoms with van der Waals surface area (Å²) in [6, 6.07) is 6.03. The number of amides is 1. The highest BCUT2D eigenvalue weighted by molar-refractivity contribution is 6.15. The number of nitrogens with zero attached hydrogens (tertiary/aromatic N) is 1. The first-order valence-electron chi connectivity index (χ1n) is 7.52. The molecule has 0 bridgehead atoms. The molecule has 0 aliphatic carbocycles. The number of hydrogen-bond acceptors (Lipinski definition) is 3. The number of carbonyl (C=O) groups is 1. The van der Waals surface area contributed by atoms with E-state index in [-0.39, 0.29) is 11.3 Å². The van der Waals surface area contributed by atoms with Crippen molar-refractivity contribution in [2.45, 2.75) is 40.5 Å². The van der Waals surface area contributed by atoms with Gasteiger partial charge < -0.3 is 10.1 Å². The lowest BCUT2D eigenvalue weighted by atomic mass is 9.95. The first-order chi connectivity index (χ1) is 10.2. The second kappa shape index (κ2) is 5.95. The van der Waals surface area contributed by atoms with Crippen LogP contribution in [-0.2, 0) is 4.79 Å². The fraction of sp³-hybridized carbons (Fsp3) is 0.444. The van der Waals surface area contributed by atoms with Crippen molar-refractivity contribution < 1.29 is 9.53 Å². The standard InChI is InChI=1S/C18H24N2O2/c1-11(2)12-7-8-15(22-6)13(9-12)10-14-16(21)20-17(19-14)18(3,4)5/h7-11H,1-6H3,(H,19,20,21)/b14-10-. The quantitative estimate of drug-likeness (QED) is 0.865. The van der Waals surface area contributed by atoms with Crippen molar-refractivity contribution in [3.63, 3.8) is 0 Å². The molecule has 4 nitrogen and oxygen atoms in total. The summed E-state index contributed by atoms with van der Waals surface area (Å²) in [6.45, 7) is 10.3. The van der Waals surface area contributed by atoms with E-state index < -0.39 is 0 Å². The molecule has 1 heterocycles. The average Bonchev–Trinajstić information content (AvgIpc) is 2.80. The summed E-state index contributed by atoms with van der Waals surface area (Å²) in [5.74, 6) is 1.68. The second-order valence-corrected chi connectivity index (χ2v) is 6.85. The van der Waals surface area contributed by atoms with E-state index in [9.17, 15) is 4.79 Å². The van der Waals surface area contributed by atoms with Gasteiger partial charge in [0, 0.05) is 11.0 Å². The van der Waals surface area contributed by atoms with Gasteiger partial charge in [0.15, 0.2) is 0 Å². The van der Waals surface area contributed by atoms with E-state index in [1.165, 1.54) is 5.56 Å².